The summed E-state index contributed by atoms with van der Waals surface area (Å²) >= 11 is 0. The van der Waals surface area contributed by atoms with Crippen LogP contribution in [-0.2, 0) is 60.9 Å². The monoisotopic (exact) mass is 1080 g/mol. The Kier molecular flexibility index (Phi) is 29.9. The van der Waals surface area contributed by atoms with E-state index in [0.717, 1.165) is 0 Å². The van der Waals surface area contributed by atoms with Crippen LogP contribution in [-0.4, -0.2) is 150 Å². The van der Waals surface area contributed by atoms with Crippen LogP contribution in [0.25, 0.3) is 22.6 Å². The predicted octanol–water partition coefficient (Wildman–Crippen LogP) is -0.521. The van der Waals surface area contributed by atoms with Crippen LogP contribution in [0.3, 0.4) is 0 Å². The molecule has 2 aromatic heterocycles. The molecule has 0 spiro atoms. The average Bonchev–Trinajstić information content (AvgIpc) is 3.89. The van der Waals surface area contributed by atoms with E-state index >= 15 is 0 Å². The van der Waals surface area contributed by atoms with Gasteiger partial charge in [0.15, 0.2) is 12.3 Å². The summed E-state index contributed by atoms with van der Waals surface area (Å²) < 4.78 is 19.4. The Morgan fingerprint density at radius 3 is 1.81 bits per heavy atom. The number of H-pyrrole nitrogens is 1. The Hall–Kier alpha value is -7.19. The molecule has 0 radical (unpaired) electrons. The highest BCUT2D eigenvalue weighted by Gasteiger charge is 2.21. The van der Waals surface area contributed by atoms with Gasteiger partial charge >= 0.3 is 5.69 Å². The topological polar surface area (TPSA) is 373 Å². The molecule has 3 aromatic rings. The summed E-state index contributed by atoms with van der Waals surface area (Å²) in [5.41, 5.74) is 11.9. The third-order valence-corrected chi connectivity index (χ3v) is 11.8. The number of nitrogens with one attached hydrogen (secondary N) is 8. The number of nitrogens with zero attached hydrogens (tertiary/aromatic N) is 3. The molecule has 26 nitrogen and oxygen atoms in total. The van der Waals surface area contributed by atoms with Gasteiger partial charge in [-0.05, 0) is 94.9 Å². The fourth-order valence-corrected chi connectivity index (χ4v) is 7.80. The zero-order valence-corrected chi connectivity index (χ0v) is 45.0. The molecule has 0 aliphatic carbocycles. The fraction of sp³-hybridized carbons (Fsp3) is 0.627. The number of aromatic amines is 1. The molecule has 2 heterocycles. The van der Waals surface area contributed by atoms with Crippen molar-refractivity contribution >= 4 is 58.4 Å². The minimum atomic E-state index is -0.866. The third kappa shape index (κ3) is 24.6. The van der Waals surface area contributed by atoms with Crippen LogP contribution >= 0.6 is 0 Å². The van der Waals surface area contributed by atoms with Crippen LogP contribution in [0.4, 0.5) is 0 Å². The number of ether oxygens (including phenoxy) is 3. The van der Waals surface area contributed by atoms with Crippen LogP contribution in [0, 0.1) is 0 Å². The number of fused-ring (bicyclic) bond motifs is 1. The Bertz CT molecular complexity index is 2490. The second kappa shape index (κ2) is 36.0. The molecule has 428 valence electrons. The second-order valence-corrected chi connectivity index (χ2v) is 18.3. The molecule has 0 bridgehead atoms. The summed E-state index contributed by atoms with van der Waals surface area (Å²) in [7, 11) is 0. The van der Waals surface area contributed by atoms with Gasteiger partial charge in [0.2, 0.25) is 41.4 Å². The van der Waals surface area contributed by atoms with Crippen molar-refractivity contribution in [3.63, 3.8) is 0 Å². The predicted molar refractivity (Wildman–Crippen MR) is 286 cm³/mol. The first-order valence-electron chi connectivity index (χ1n) is 26.5. The fourth-order valence-electron chi connectivity index (χ4n) is 7.80. The van der Waals surface area contributed by atoms with E-state index in [-0.39, 0.29) is 106 Å². The van der Waals surface area contributed by atoms with E-state index < -0.39 is 35.5 Å². The quantitative estimate of drug-likeness (QED) is 0.0321. The summed E-state index contributed by atoms with van der Waals surface area (Å²) in [6.07, 6.45) is 5.62. The zero-order valence-electron chi connectivity index (χ0n) is 45.0. The molecule has 0 saturated heterocycles. The maximum atomic E-state index is 13.1. The number of benzene rings is 1. The van der Waals surface area contributed by atoms with E-state index in [4.69, 9.17) is 25.7 Å². The van der Waals surface area contributed by atoms with Gasteiger partial charge < -0.3 is 67.9 Å². The van der Waals surface area contributed by atoms with Crippen molar-refractivity contribution in [3.05, 3.63) is 45.1 Å². The normalized spacial score (nSPS) is 12.2. The molecule has 1 aromatic carbocycles. The first-order chi connectivity index (χ1) is 36.9. The molecule has 77 heavy (non-hydrogen) atoms. The number of hydrogen-bond acceptors (Lipinski definition) is 15. The van der Waals surface area contributed by atoms with E-state index in [1.54, 1.807) is 24.3 Å². The first-order valence-corrected chi connectivity index (χ1v) is 26.5. The number of aryl methyl sites for hydroxylation is 1. The smallest absolute Gasteiger partial charge is 0.332 e. The summed E-state index contributed by atoms with van der Waals surface area (Å²) in [6.45, 7) is 9.47. The summed E-state index contributed by atoms with van der Waals surface area (Å²) in [5.74, 6) is -2.17. The maximum Gasteiger partial charge on any atom is 0.332 e. The Morgan fingerprint density at radius 1 is 0.623 bits per heavy atom. The van der Waals surface area contributed by atoms with Crippen molar-refractivity contribution in [3.8, 4) is 17.1 Å². The van der Waals surface area contributed by atoms with Crippen LogP contribution in [0.5, 0.6) is 5.75 Å². The Morgan fingerprint density at radius 2 is 1.18 bits per heavy atom. The highest BCUT2D eigenvalue weighted by atomic mass is 16.5. The van der Waals surface area contributed by atoms with Crippen LogP contribution in [0.1, 0.15) is 111 Å². The van der Waals surface area contributed by atoms with Crippen LogP contribution in [0.15, 0.2) is 33.9 Å². The number of imidazole rings is 1. The molecule has 0 aliphatic heterocycles. The largest absolute Gasteiger partial charge is 0.484 e. The Balaban J connectivity index is 1.20. The molecule has 8 amide bonds. The van der Waals surface area contributed by atoms with Crippen molar-refractivity contribution in [2.45, 2.75) is 142 Å². The van der Waals surface area contributed by atoms with Crippen molar-refractivity contribution < 1.29 is 52.6 Å². The second-order valence-electron chi connectivity index (χ2n) is 18.3. The lowest BCUT2D eigenvalue weighted by atomic mass is 10.1. The number of aromatic nitrogens is 4. The molecular formula is C51H81N13O13. The van der Waals surface area contributed by atoms with Gasteiger partial charge in [-0.3, -0.25) is 52.3 Å². The molecule has 0 saturated carbocycles. The number of amides is 8. The van der Waals surface area contributed by atoms with Crippen molar-refractivity contribution in [1.82, 2.24) is 56.3 Å². The number of carbonyl (C=O) groups is 8. The number of nitrogens with two attached hydrogens (primary N) is 2. The van der Waals surface area contributed by atoms with E-state index in [0.29, 0.717) is 126 Å². The van der Waals surface area contributed by atoms with Gasteiger partial charge in [-0.25, -0.2) is 9.78 Å². The summed E-state index contributed by atoms with van der Waals surface area (Å²) in [5, 5.41) is 18.8. The molecule has 3 rings (SSSR count). The molecule has 3 unspecified atom stereocenters. The van der Waals surface area contributed by atoms with E-state index in [1.807, 2.05) is 13.8 Å². The lowest BCUT2D eigenvalue weighted by Crippen LogP contribution is -2.47. The molecule has 3 atom stereocenters. The summed E-state index contributed by atoms with van der Waals surface area (Å²) in [6, 6.07) is 4.47. The van der Waals surface area contributed by atoms with Gasteiger partial charge in [-0.2, -0.15) is 0 Å². The zero-order chi connectivity index (χ0) is 56.5. The van der Waals surface area contributed by atoms with Crippen molar-refractivity contribution in [1.29, 1.82) is 0 Å². The number of unbranched alkanes of at least 4 members (excludes halogenated alkanes) is 3. The van der Waals surface area contributed by atoms with Gasteiger partial charge in [-0.1, -0.05) is 13.8 Å². The highest BCUT2D eigenvalue weighted by molar-refractivity contribution is 5.89. The van der Waals surface area contributed by atoms with Crippen LogP contribution < -0.4 is 64.7 Å². The maximum absolute atomic E-state index is 13.1. The van der Waals surface area contributed by atoms with E-state index in [1.165, 1.54) is 23.0 Å². The number of rotatable bonds is 40. The molecule has 0 fully saturated rings. The van der Waals surface area contributed by atoms with Gasteiger partial charge in [0.05, 0.1) is 32.5 Å². The molecule has 0 aliphatic rings. The summed E-state index contributed by atoms with van der Waals surface area (Å²) in [4.78, 5) is 130. The van der Waals surface area contributed by atoms with Crippen molar-refractivity contribution in [2.24, 2.45) is 11.5 Å². The third-order valence-electron chi connectivity index (χ3n) is 11.8. The van der Waals surface area contributed by atoms with Gasteiger partial charge in [0.25, 0.3) is 11.5 Å². The van der Waals surface area contributed by atoms with E-state index in [2.05, 4.69) is 47.2 Å². The van der Waals surface area contributed by atoms with Gasteiger partial charge in [-0.15, -0.1) is 0 Å². The minimum Gasteiger partial charge on any atom is -0.484 e. The van der Waals surface area contributed by atoms with E-state index in [9.17, 15) is 47.9 Å². The molecule has 26 heteroatoms. The van der Waals surface area contributed by atoms with Gasteiger partial charge in [0, 0.05) is 78.1 Å². The van der Waals surface area contributed by atoms with Crippen molar-refractivity contribution in [2.75, 3.05) is 65.8 Å². The highest BCUT2D eigenvalue weighted by Crippen LogP contribution is 2.22. The molecular weight excluding hydrogens is 1000 g/mol. The number of carbonyl (C=O) groups excluding carboxylic acids is 8. The minimum absolute atomic E-state index is 0.0895. The molecule has 12 N–H and O–H groups in total. The lowest BCUT2D eigenvalue weighted by Gasteiger charge is -2.18. The standard InChI is InChI=1S/C51H81N13O13/c1-5-27-63-47-44(50(73)64(28-6-2)51(63)74)61-46(62-47)36-16-18-37(19-17-36)77-33-43(69)55-23-10-7-13-38(52)48(71)57-24-12-9-15-40(59-35(4)66)49(72)58-26-30-76-32-31-75-29-25-56-41(67)20-21-42(68)60-39(45(53)70)14-8-11-22-54-34(3)65/h16-19,38-40H,5-15,20-33,52H2,1-4H3,(H2,53,70)(H,54,65)(H,55,69)(H,56,67)(H,57,71)(H,58,72)(H,59,66)(H,60,68)(H,61,62). The lowest BCUT2D eigenvalue weighted by molar-refractivity contribution is -0.129. The number of hydrogen-bond donors (Lipinski definition) is 10. The van der Waals surface area contributed by atoms with Crippen LogP contribution in [0.2, 0.25) is 0 Å². The first kappa shape index (κ1) is 64.1. The SMILES string of the molecule is CCCn1c(=O)c2[nH]c(-c3ccc(OCC(=O)NCCCCC(N)C(=O)NCCCCC(NC(C)=O)C(=O)NCCOCCOCCNC(=O)CCC(=O)NC(CCCCNC(C)=O)C(N)=O)cc3)nc2n(CCC)c1=O. The van der Waals surface area contributed by atoms with Gasteiger partial charge in [0.1, 0.15) is 29.2 Å². The average molecular weight is 1080 g/mol. The number of primary amides is 1. The Labute approximate surface area is 448 Å².